The van der Waals surface area contributed by atoms with Crippen molar-refractivity contribution >= 4 is 11.9 Å². The van der Waals surface area contributed by atoms with Gasteiger partial charge in [0.25, 0.3) is 5.91 Å². The Morgan fingerprint density at radius 1 is 1.36 bits per heavy atom. The van der Waals surface area contributed by atoms with E-state index in [2.05, 4.69) is 6.58 Å². The lowest BCUT2D eigenvalue weighted by atomic mass is 10.0. The molecule has 1 aromatic carbocycles. The second kappa shape index (κ2) is 9.22. The molecule has 0 radical (unpaired) electrons. The van der Waals surface area contributed by atoms with E-state index in [1.165, 1.54) is 0 Å². The van der Waals surface area contributed by atoms with Crippen LogP contribution in [0.15, 0.2) is 36.9 Å². The largest absolute Gasteiger partial charge is 0.489 e. The predicted molar refractivity (Wildman–Crippen MR) is 95.9 cm³/mol. The first-order valence-electron chi connectivity index (χ1n) is 8.64. The van der Waals surface area contributed by atoms with Crippen LogP contribution in [0.5, 0.6) is 5.75 Å². The maximum Gasteiger partial charge on any atom is 0.317 e. The van der Waals surface area contributed by atoms with Crippen LogP contribution < -0.4 is 4.74 Å². The Morgan fingerprint density at radius 2 is 2.04 bits per heavy atom. The standard InChI is InChI=1S/C19H26N2O4/c1-3-13-25-17-8-6-5-7-16(17)19(24)21-11-9-15(10-12-21)20(4-2)14-18(22)23/h3,5-8,15H,1,4,9-14H2,2H3,(H,22,23). The number of likely N-dealkylation sites (N-methyl/N-ethyl adjacent to an activating group) is 1. The molecule has 6 nitrogen and oxygen atoms in total. The second-order valence-corrected chi connectivity index (χ2v) is 6.08. The molecular weight excluding hydrogens is 320 g/mol. The molecule has 0 saturated carbocycles. The van der Waals surface area contributed by atoms with Gasteiger partial charge in [0.05, 0.1) is 12.1 Å². The van der Waals surface area contributed by atoms with Gasteiger partial charge in [0.2, 0.25) is 0 Å². The number of nitrogens with zero attached hydrogens (tertiary/aromatic N) is 2. The number of benzene rings is 1. The number of carbonyl (C=O) groups is 2. The summed E-state index contributed by atoms with van der Waals surface area (Å²) in [4.78, 5) is 27.6. The molecule has 0 unspecified atom stereocenters. The summed E-state index contributed by atoms with van der Waals surface area (Å²) in [5.74, 6) is -0.288. The first-order chi connectivity index (χ1) is 12.1. The van der Waals surface area contributed by atoms with E-state index in [1.807, 2.05) is 28.9 Å². The van der Waals surface area contributed by atoms with Crippen LogP contribution >= 0.6 is 0 Å². The van der Waals surface area contributed by atoms with Crippen molar-refractivity contribution in [1.29, 1.82) is 0 Å². The molecule has 1 saturated heterocycles. The smallest absolute Gasteiger partial charge is 0.317 e. The Labute approximate surface area is 148 Å². The maximum absolute atomic E-state index is 12.8. The minimum Gasteiger partial charge on any atom is -0.489 e. The summed E-state index contributed by atoms with van der Waals surface area (Å²) >= 11 is 0. The van der Waals surface area contributed by atoms with Gasteiger partial charge in [-0.2, -0.15) is 0 Å². The van der Waals surface area contributed by atoms with Crippen LogP contribution in [0.4, 0.5) is 0 Å². The molecule has 136 valence electrons. The summed E-state index contributed by atoms with van der Waals surface area (Å²) in [6.45, 7) is 7.93. The van der Waals surface area contributed by atoms with Crippen LogP contribution in [-0.4, -0.2) is 65.6 Å². The van der Waals surface area contributed by atoms with Crippen molar-refractivity contribution in [2.75, 3.05) is 32.8 Å². The zero-order valence-electron chi connectivity index (χ0n) is 14.7. The minimum absolute atomic E-state index is 0.0422. The minimum atomic E-state index is -0.811. The lowest BCUT2D eigenvalue weighted by Gasteiger charge is -2.37. The summed E-state index contributed by atoms with van der Waals surface area (Å²) in [6, 6.07) is 7.43. The molecule has 1 fully saturated rings. The molecule has 6 heteroatoms. The fraction of sp³-hybridized carbons (Fsp3) is 0.474. The Hall–Kier alpha value is -2.34. The Bertz CT molecular complexity index is 609. The molecular formula is C19H26N2O4. The summed E-state index contributed by atoms with van der Waals surface area (Å²) in [7, 11) is 0. The van der Waals surface area contributed by atoms with Crippen LogP contribution in [0.25, 0.3) is 0 Å². The first kappa shape index (κ1) is 19.0. The Kier molecular flexibility index (Phi) is 7.01. The maximum atomic E-state index is 12.8. The van der Waals surface area contributed by atoms with E-state index in [4.69, 9.17) is 9.84 Å². The van der Waals surface area contributed by atoms with Crippen LogP contribution in [0.1, 0.15) is 30.1 Å². The van der Waals surface area contributed by atoms with Crippen LogP contribution in [0.3, 0.4) is 0 Å². The highest BCUT2D eigenvalue weighted by Gasteiger charge is 2.28. The predicted octanol–water partition coefficient (Wildman–Crippen LogP) is 2.26. The van der Waals surface area contributed by atoms with Gasteiger partial charge in [-0.15, -0.1) is 0 Å². The Morgan fingerprint density at radius 3 is 2.64 bits per heavy atom. The van der Waals surface area contributed by atoms with Gasteiger partial charge in [-0.05, 0) is 31.5 Å². The summed E-state index contributed by atoms with van der Waals surface area (Å²) < 4.78 is 5.58. The highest BCUT2D eigenvalue weighted by molar-refractivity contribution is 5.97. The van der Waals surface area contributed by atoms with Crippen LogP contribution in [-0.2, 0) is 4.79 Å². The number of likely N-dealkylation sites (tertiary alicyclic amines) is 1. The monoisotopic (exact) mass is 346 g/mol. The van der Waals surface area contributed by atoms with E-state index in [1.54, 1.807) is 18.2 Å². The van der Waals surface area contributed by atoms with Gasteiger partial charge in [0.1, 0.15) is 12.4 Å². The Balaban J connectivity index is 1.99. The average Bonchev–Trinajstić information content (AvgIpc) is 2.64. The van der Waals surface area contributed by atoms with Crippen molar-refractivity contribution in [3.8, 4) is 5.75 Å². The third-order valence-electron chi connectivity index (χ3n) is 4.49. The van der Waals surface area contributed by atoms with Crippen molar-refractivity contribution in [3.63, 3.8) is 0 Å². The lowest BCUT2D eigenvalue weighted by molar-refractivity contribution is -0.139. The molecule has 0 bridgehead atoms. The van der Waals surface area contributed by atoms with E-state index in [9.17, 15) is 9.59 Å². The normalized spacial score (nSPS) is 15.2. The molecule has 1 aromatic rings. The molecule has 25 heavy (non-hydrogen) atoms. The van der Waals surface area contributed by atoms with Crippen molar-refractivity contribution in [2.24, 2.45) is 0 Å². The van der Waals surface area contributed by atoms with Gasteiger partial charge in [-0.1, -0.05) is 31.7 Å². The number of ether oxygens (including phenoxy) is 1. The third-order valence-corrected chi connectivity index (χ3v) is 4.49. The third kappa shape index (κ3) is 5.06. The number of para-hydroxylation sites is 1. The fourth-order valence-corrected chi connectivity index (χ4v) is 3.20. The fourth-order valence-electron chi connectivity index (χ4n) is 3.20. The molecule has 1 aliphatic rings. The highest BCUT2D eigenvalue weighted by atomic mass is 16.5. The van der Waals surface area contributed by atoms with Crippen LogP contribution in [0.2, 0.25) is 0 Å². The number of carboxylic acid groups (broad SMARTS) is 1. The molecule has 1 amide bonds. The summed E-state index contributed by atoms with van der Waals surface area (Å²) in [5.41, 5.74) is 0.556. The molecule has 2 rings (SSSR count). The van der Waals surface area contributed by atoms with Crippen molar-refractivity contribution in [3.05, 3.63) is 42.5 Å². The van der Waals surface area contributed by atoms with E-state index in [0.29, 0.717) is 37.6 Å². The first-order valence-corrected chi connectivity index (χ1v) is 8.64. The second-order valence-electron chi connectivity index (χ2n) is 6.08. The van der Waals surface area contributed by atoms with Gasteiger partial charge in [0.15, 0.2) is 0 Å². The number of carbonyl (C=O) groups excluding carboxylic acids is 1. The number of hydrogen-bond donors (Lipinski definition) is 1. The van der Waals surface area contributed by atoms with Gasteiger partial charge in [-0.25, -0.2) is 0 Å². The van der Waals surface area contributed by atoms with Crippen molar-refractivity contribution < 1.29 is 19.4 Å². The number of rotatable bonds is 8. The highest BCUT2D eigenvalue weighted by Crippen LogP contribution is 2.23. The molecule has 1 N–H and O–H groups in total. The quantitative estimate of drug-likeness (QED) is 0.731. The summed E-state index contributed by atoms with van der Waals surface area (Å²) in [6.07, 6.45) is 3.21. The summed E-state index contributed by atoms with van der Waals surface area (Å²) in [5, 5.41) is 9.01. The van der Waals surface area contributed by atoms with Gasteiger partial charge in [0, 0.05) is 19.1 Å². The van der Waals surface area contributed by atoms with Gasteiger partial charge < -0.3 is 14.7 Å². The SMILES string of the molecule is C=CCOc1ccccc1C(=O)N1CCC(N(CC)CC(=O)O)CC1. The van der Waals surface area contributed by atoms with Crippen LogP contribution in [0, 0.1) is 0 Å². The molecule has 0 spiro atoms. The van der Waals surface area contributed by atoms with Crippen molar-refractivity contribution in [2.45, 2.75) is 25.8 Å². The van der Waals surface area contributed by atoms with E-state index in [0.717, 1.165) is 12.8 Å². The van der Waals surface area contributed by atoms with Crippen molar-refractivity contribution in [1.82, 2.24) is 9.80 Å². The van der Waals surface area contributed by atoms with E-state index in [-0.39, 0.29) is 18.5 Å². The molecule has 1 aliphatic heterocycles. The van der Waals surface area contributed by atoms with E-state index >= 15 is 0 Å². The zero-order valence-corrected chi connectivity index (χ0v) is 14.7. The topological polar surface area (TPSA) is 70.1 Å². The number of carboxylic acids is 1. The van der Waals surface area contributed by atoms with E-state index < -0.39 is 5.97 Å². The molecule has 1 heterocycles. The van der Waals surface area contributed by atoms with Gasteiger partial charge >= 0.3 is 5.97 Å². The number of hydrogen-bond acceptors (Lipinski definition) is 4. The molecule has 0 aliphatic carbocycles. The number of piperidine rings is 1. The van der Waals surface area contributed by atoms with Gasteiger partial charge in [-0.3, -0.25) is 14.5 Å². The number of amides is 1. The average molecular weight is 346 g/mol. The number of aliphatic carboxylic acids is 1. The lowest BCUT2D eigenvalue weighted by Crippen LogP contribution is -2.48. The zero-order chi connectivity index (χ0) is 18.2. The molecule has 0 aromatic heterocycles. The molecule has 0 atom stereocenters.